The van der Waals surface area contributed by atoms with Crippen molar-refractivity contribution in [2.75, 3.05) is 11.9 Å². The number of hydrogen-bond donors (Lipinski definition) is 1. The molecule has 0 atom stereocenters. The van der Waals surface area contributed by atoms with E-state index in [0.717, 1.165) is 6.07 Å². The van der Waals surface area contributed by atoms with E-state index in [1.165, 1.54) is 0 Å². The van der Waals surface area contributed by atoms with Gasteiger partial charge in [-0.05, 0) is 12.1 Å². The Morgan fingerprint density at radius 1 is 1.07 bits per heavy atom. The van der Waals surface area contributed by atoms with Crippen molar-refractivity contribution < 1.29 is 22.0 Å². The lowest BCUT2D eigenvalue weighted by Gasteiger charge is -2.07. The molecule has 0 spiro atoms. The monoisotopic (exact) mass is 211 g/mol. The molecule has 14 heavy (non-hydrogen) atoms. The van der Waals surface area contributed by atoms with Crippen molar-refractivity contribution >= 4 is 5.69 Å². The summed E-state index contributed by atoms with van der Waals surface area (Å²) < 4.78 is 61.1. The van der Waals surface area contributed by atoms with E-state index in [2.05, 4.69) is 0 Å². The molecule has 0 heterocycles. The van der Waals surface area contributed by atoms with E-state index in [0.29, 0.717) is 6.07 Å². The lowest BCUT2D eigenvalue weighted by Crippen LogP contribution is -2.12. The van der Waals surface area contributed by atoms with Gasteiger partial charge < -0.3 is 5.32 Å². The molecule has 6 heteroatoms. The van der Waals surface area contributed by atoms with Gasteiger partial charge in [-0.3, -0.25) is 0 Å². The maximum Gasteiger partial charge on any atom is 0.255 e. The Kier molecular flexibility index (Phi) is 3.27. The highest BCUT2D eigenvalue weighted by molar-refractivity contribution is 5.45. The smallest absolute Gasteiger partial charge is 0.255 e. The molecule has 0 aliphatic rings. The van der Waals surface area contributed by atoms with E-state index in [-0.39, 0.29) is 0 Å². The van der Waals surface area contributed by atoms with Crippen LogP contribution in [0.2, 0.25) is 0 Å². The molecule has 1 nitrogen and oxygen atoms in total. The molecule has 0 saturated carbocycles. The van der Waals surface area contributed by atoms with Crippen LogP contribution in [-0.4, -0.2) is 13.0 Å². The molecule has 0 radical (unpaired) electrons. The normalized spacial score (nSPS) is 10.7. The predicted molar refractivity (Wildman–Crippen MR) is 40.8 cm³/mol. The molecular weight excluding hydrogens is 205 g/mol. The predicted octanol–water partition coefficient (Wildman–Crippen LogP) is 2.78. The summed E-state index contributed by atoms with van der Waals surface area (Å²) >= 11 is 0. The van der Waals surface area contributed by atoms with Crippen molar-refractivity contribution in [2.45, 2.75) is 6.43 Å². The van der Waals surface area contributed by atoms with Crippen molar-refractivity contribution in [1.29, 1.82) is 0 Å². The van der Waals surface area contributed by atoms with Crippen LogP contribution in [0.4, 0.5) is 27.6 Å². The average Bonchev–Trinajstić information content (AvgIpc) is 2.13. The second kappa shape index (κ2) is 4.26. The van der Waals surface area contributed by atoms with Gasteiger partial charge in [-0.2, -0.15) is 0 Å². The van der Waals surface area contributed by atoms with E-state index in [9.17, 15) is 22.0 Å². The average molecular weight is 211 g/mol. The Balaban J connectivity index is 2.83. The fraction of sp³-hybridized carbons (Fsp3) is 0.250. The summed E-state index contributed by atoms with van der Waals surface area (Å²) in [6.07, 6.45) is -2.69. The molecule has 1 N–H and O–H groups in total. The SMILES string of the molecule is Fc1ccc(NCC(F)F)c(F)c1F. The lowest BCUT2D eigenvalue weighted by molar-refractivity contribution is 0.163. The van der Waals surface area contributed by atoms with Gasteiger partial charge in [-0.25, -0.2) is 22.0 Å². The molecule has 1 rings (SSSR count). The van der Waals surface area contributed by atoms with Crippen molar-refractivity contribution in [2.24, 2.45) is 0 Å². The van der Waals surface area contributed by atoms with Gasteiger partial charge in [-0.15, -0.1) is 0 Å². The van der Waals surface area contributed by atoms with Gasteiger partial charge in [0.1, 0.15) is 0 Å². The summed E-state index contributed by atoms with van der Waals surface area (Å²) in [5.41, 5.74) is -0.482. The zero-order valence-corrected chi connectivity index (χ0v) is 6.83. The second-order valence-electron chi connectivity index (χ2n) is 2.49. The number of anilines is 1. The molecule has 1 aromatic rings. The first-order chi connectivity index (χ1) is 6.52. The Labute approximate surface area is 76.5 Å². The third-order valence-corrected chi connectivity index (χ3v) is 1.48. The zero-order chi connectivity index (χ0) is 10.7. The number of hydrogen-bond acceptors (Lipinski definition) is 1. The summed E-state index contributed by atoms with van der Waals surface area (Å²) in [7, 11) is 0. The number of halogens is 5. The van der Waals surface area contributed by atoms with Crippen LogP contribution in [0.3, 0.4) is 0 Å². The standard InChI is InChI=1S/C8H6F5N/c9-4-1-2-5(8(13)7(4)12)14-3-6(10)11/h1-2,6,14H,3H2. The lowest BCUT2D eigenvalue weighted by atomic mass is 10.3. The number of rotatable bonds is 3. The maximum atomic E-state index is 12.8. The number of alkyl halides is 2. The molecule has 0 aliphatic heterocycles. The van der Waals surface area contributed by atoms with Crippen molar-refractivity contribution in [3.8, 4) is 0 Å². The first-order valence-electron chi connectivity index (χ1n) is 3.68. The van der Waals surface area contributed by atoms with Crippen LogP contribution in [0.5, 0.6) is 0 Å². The molecule has 0 aromatic heterocycles. The topological polar surface area (TPSA) is 12.0 Å². The quantitative estimate of drug-likeness (QED) is 0.598. The van der Waals surface area contributed by atoms with E-state index >= 15 is 0 Å². The largest absolute Gasteiger partial charge is 0.377 e. The van der Waals surface area contributed by atoms with Crippen LogP contribution in [0.15, 0.2) is 12.1 Å². The maximum absolute atomic E-state index is 12.8. The van der Waals surface area contributed by atoms with Crippen LogP contribution in [0.1, 0.15) is 0 Å². The Hall–Kier alpha value is -1.33. The summed E-state index contributed by atoms with van der Waals surface area (Å²) in [6.45, 7) is -0.817. The van der Waals surface area contributed by atoms with Gasteiger partial charge in [-0.1, -0.05) is 0 Å². The first-order valence-corrected chi connectivity index (χ1v) is 3.68. The molecule has 0 aliphatic carbocycles. The third kappa shape index (κ3) is 2.34. The highest BCUT2D eigenvalue weighted by atomic mass is 19.3. The van der Waals surface area contributed by atoms with Gasteiger partial charge in [0.2, 0.25) is 0 Å². The van der Waals surface area contributed by atoms with Gasteiger partial charge in [0.05, 0.1) is 12.2 Å². The van der Waals surface area contributed by atoms with E-state index in [1.807, 2.05) is 5.32 Å². The van der Waals surface area contributed by atoms with Crippen molar-refractivity contribution in [3.05, 3.63) is 29.6 Å². The van der Waals surface area contributed by atoms with Crippen molar-refractivity contribution in [1.82, 2.24) is 0 Å². The molecule has 0 amide bonds. The van der Waals surface area contributed by atoms with Crippen LogP contribution in [0, 0.1) is 17.5 Å². The molecule has 0 unspecified atom stereocenters. The first kappa shape index (κ1) is 10.7. The minimum absolute atomic E-state index is 0.482. The summed E-state index contributed by atoms with van der Waals surface area (Å²) in [6, 6.07) is 1.52. The second-order valence-corrected chi connectivity index (χ2v) is 2.49. The molecule has 0 saturated heterocycles. The van der Waals surface area contributed by atoms with Crippen LogP contribution >= 0.6 is 0 Å². The van der Waals surface area contributed by atoms with Crippen LogP contribution in [-0.2, 0) is 0 Å². The van der Waals surface area contributed by atoms with E-state index in [1.54, 1.807) is 0 Å². The molecule has 1 aromatic carbocycles. The summed E-state index contributed by atoms with van der Waals surface area (Å²) in [5.74, 6) is -4.53. The van der Waals surface area contributed by atoms with Gasteiger partial charge >= 0.3 is 0 Å². The Morgan fingerprint density at radius 3 is 2.29 bits per heavy atom. The van der Waals surface area contributed by atoms with E-state index in [4.69, 9.17) is 0 Å². The van der Waals surface area contributed by atoms with Crippen LogP contribution in [0.25, 0.3) is 0 Å². The molecule has 0 fully saturated rings. The third-order valence-electron chi connectivity index (χ3n) is 1.48. The zero-order valence-electron chi connectivity index (χ0n) is 6.83. The molecule has 0 bridgehead atoms. The van der Waals surface area contributed by atoms with Crippen LogP contribution < -0.4 is 5.32 Å². The van der Waals surface area contributed by atoms with Gasteiger partial charge in [0, 0.05) is 0 Å². The summed E-state index contributed by atoms with van der Waals surface area (Å²) in [4.78, 5) is 0. The highest BCUT2D eigenvalue weighted by Gasteiger charge is 2.13. The fourth-order valence-electron chi connectivity index (χ4n) is 0.850. The minimum atomic E-state index is -2.69. The Bertz CT molecular complexity index is 326. The number of benzene rings is 1. The fourth-order valence-corrected chi connectivity index (χ4v) is 0.850. The van der Waals surface area contributed by atoms with E-state index < -0.39 is 36.1 Å². The molecule has 78 valence electrons. The Morgan fingerprint density at radius 2 is 1.71 bits per heavy atom. The number of nitrogens with one attached hydrogen (secondary N) is 1. The van der Waals surface area contributed by atoms with Gasteiger partial charge in [0.25, 0.3) is 6.43 Å². The minimum Gasteiger partial charge on any atom is -0.377 e. The van der Waals surface area contributed by atoms with Gasteiger partial charge in [0.15, 0.2) is 17.5 Å². The molecular formula is C8H6F5N. The summed E-state index contributed by atoms with van der Waals surface area (Å²) in [5, 5.41) is 1.95. The highest BCUT2D eigenvalue weighted by Crippen LogP contribution is 2.19. The van der Waals surface area contributed by atoms with Crippen molar-refractivity contribution in [3.63, 3.8) is 0 Å².